The Labute approximate surface area is 222 Å². The number of alkyl halides is 3. The van der Waals surface area contributed by atoms with Crippen LogP contribution in [0.2, 0.25) is 0 Å². The molecule has 1 saturated heterocycles. The topological polar surface area (TPSA) is 77.4 Å². The zero-order chi connectivity index (χ0) is 27.1. The summed E-state index contributed by atoms with van der Waals surface area (Å²) in [5.41, 5.74) is 1.55. The number of halogens is 3. The fraction of sp³-hybridized carbons (Fsp3) is 0.517. The Kier molecular flexibility index (Phi) is 9.16. The molecule has 1 aliphatic carbocycles. The van der Waals surface area contributed by atoms with Crippen molar-refractivity contribution in [3.8, 4) is 6.07 Å². The lowest BCUT2D eigenvalue weighted by Crippen LogP contribution is -2.40. The molecule has 0 atom stereocenters. The van der Waals surface area contributed by atoms with Crippen LogP contribution in [-0.2, 0) is 15.7 Å². The van der Waals surface area contributed by atoms with Crippen molar-refractivity contribution in [2.75, 3.05) is 36.5 Å². The predicted molar refractivity (Wildman–Crippen MR) is 141 cm³/mol. The number of hydrogen-bond acceptors (Lipinski definition) is 5. The molecule has 1 saturated carbocycles. The predicted octanol–water partition coefficient (Wildman–Crippen LogP) is 5.66. The first-order valence-electron chi connectivity index (χ1n) is 13.3. The molecule has 2 aromatic rings. The molecule has 0 radical (unpaired) electrons. The number of anilines is 2. The fourth-order valence-electron chi connectivity index (χ4n) is 5.23. The molecule has 0 spiro atoms. The van der Waals surface area contributed by atoms with Crippen LogP contribution in [0.25, 0.3) is 0 Å². The lowest BCUT2D eigenvalue weighted by atomic mass is 9.92. The van der Waals surface area contributed by atoms with E-state index in [0.717, 1.165) is 57.7 Å². The average molecular weight is 529 g/mol. The maximum Gasteiger partial charge on any atom is 0.417 e. The Morgan fingerprint density at radius 3 is 2.37 bits per heavy atom. The molecule has 0 aromatic heterocycles. The molecule has 2 aliphatic rings. The minimum atomic E-state index is -4.58. The van der Waals surface area contributed by atoms with E-state index in [9.17, 15) is 18.0 Å². The van der Waals surface area contributed by atoms with E-state index in [1.165, 1.54) is 23.4 Å². The monoisotopic (exact) mass is 528 g/mol. The Morgan fingerprint density at radius 2 is 1.74 bits per heavy atom. The standard InChI is InChI=1S/C29H35F3N4O2/c1-20-2-8-25(9-3-20)36-14-12-21(13-15-36)18-34-28(37)19-38-26-10-6-23(7-11-26)35-24-5-4-22(17-33)27(16-24)29(30,31)32/h2-5,8-9,16,21,23,26,35H,6-7,10-15,18-19H2,1H3,(H,34,37). The van der Waals surface area contributed by atoms with Gasteiger partial charge >= 0.3 is 6.18 Å². The Hall–Kier alpha value is -3.25. The quantitative estimate of drug-likeness (QED) is 0.463. The summed E-state index contributed by atoms with van der Waals surface area (Å²) >= 11 is 0. The normalized spacial score (nSPS) is 20.6. The highest BCUT2D eigenvalue weighted by Crippen LogP contribution is 2.34. The minimum absolute atomic E-state index is 0.0171. The summed E-state index contributed by atoms with van der Waals surface area (Å²) in [5, 5.41) is 15.1. The molecule has 204 valence electrons. The first kappa shape index (κ1) is 27.8. The maximum absolute atomic E-state index is 13.2. The van der Waals surface area contributed by atoms with Gasteiger partial charge in [-0.1, -0.05) is 17.7 Å². The number of nitrogens with one attached hydrogen (secondary N) is 2. The maximum atomic E-state index is 13.2. The van der Waals surface area contributed by atoms with E-state index in [2.05, 4.69) is 46.7 Å². The van der Waals surface area contributed by atoms with E-state index >= 15 is 0 Å². The van der Waals surface area contributed by atoms with Crippen LogP contribution in [0, 0.1) is 24.2 Å². The smallest absolute Gasteiger partial charge is 0.382 e. The van der Waals surface area contributed by atoms with Gasteiger partial charge in [0.15, 0.2) is 0 Å². The number of nitrogens with zero attached hydrogens (tertiary/aromatic N) is 2. The number of ether oxygens (including phenoxy) is 1. The number of nitriles is 1. The van der Waals surface area contributed by atoms with Crippen molar-refractivity contribution in [2.45, 2.75) is 63.8 Å². The second kappa shape index (κ2) is 12.5. The zero-order valence-corrected chi connectivity index (χ0v) is 21.7. The molecule has 38 heavy (non-hydrogen) atoms. The Bertz CT molecular complexity index is 1110. The van der Waals surface area contributed by atoms with Gasteiger partial charge in [0.25, 0.3) is 0 Å². The molecule has 1 amide bonds. The summed E-state index contributed by atoms with van der Waals surface area (Å²) < 4.78 is 45.5. The first-order chi connectivity index (χ1) is 18.2. The summed E-state index contributed by atoms with van der Waals surface area (Å²) in [7, 11) is 0. The third-order valence-corrected chi connectivity index (χ3v) is 7.54. The summed E-state index contributed by atoms with van der Waals surface area (Å²) in [5.74, 6) is 0.353. The summed E-state index contributed by atoms with van der Waals surface area (Å²) in [6, 6.07) is 13.9. The highest BCUT2D eigenvalue weighted by atomic mass is 19.4. The third-order valence-electron chi connectivity index (χ3n) is 7.54. The molecule has 0 unspecified atom stereocenters. The van der Waals surface area contributed by atoms with Crippen LogP contribution in [0.1, 0.15) is 55.2 Å². The molecule has 2 fully saturated rings. The zero-order valence-electron chi connectivity index (χ0n) is 21.7. The lowest BCUT2D eigenvalue weighted by molar-refractivity contribution is -0.137. The van der Waals surface area contributed by atoms with Gasteiger partial charge in [0.1, 0.15) is 6.61 Å². The Morgan fingerprint density at radius 1 is 1.05 bits per heavy atom. The Balaban J connectivity index is 1.12. The minimum Gasteiger partial charge on any atom is -0.382 e. The third kappa shape index (κ3) is 7.64. The fourth-order valence-corrected chi connectivity index (χ4v) is 5.23. The number of carbonyl (C=O) groups excluding carboxylic acids is 1. The molecule has 1 heterocycles. The van der Waals surface area contributed by atoms with Crippen molar-refractivity contribution in [2.24, 2.45) is 5.92 Å². The SMILES string of the molecule is Cc1ccc(N2CCC(CNC(=O)COC3CCC(Nc4ccc(C#N)c(C(F)(F)F)c4)CC3)CC2)cc1. The summed E-state index contributed by atoms with van der Waals surface area (Å²) in [6.07, 6.45) is 0.373. The molecule has 9 heteroatoms. The number of hydrogen-bond donors (Lipinski definition) is 2. The molecule has 2 aromatic carbocycles. The van der Waals surface area contributed by atoms with Gasteiger partial charge in [-0.2, -0.15) is 18.4 Å². The molecular formula is C29H35F3N4O2. The van der Waals surface area contributed by atoms with Gasteiger partial charge in [0.2, 0.25) is 5.91 Å². The molecular weight excluding hydrogens is 493 g/mol. The largest absolute Gasteiger partial charge is 0.417 e. The van der Waals surface area contributed by atoms with Crippen molar-refractivity contribution in [3.05, 3.63) is 59.2 Å². The van der Waals surface area contributed by atoms with Crippen LogP contribution >= 0.6 is 0 Å². The second-order valence-electron chi connectivity index (χ2n) is 10.4. The van der Waals surface area contributed by atoms with Crippen LogP contribution in [0.15, 0.2) is 42.5 Å². The second-order valence-corrected chi connectivity index (χ2v) is 10.4. The van der Waals surface area contributed by atoms with E-state index in [1.54, 1.807) is 6.07 Å². The number of benzene rings is 2. The van der Waals surface area contributed by atoms with Gasteiger partial charge in [-0.15, -0.1) is 0 Å². The summed E-state index contributed by atoms with van der Waals surface area (Å²) in [4.78, 5) is 14.7. The van der Waals surface area contributed by atoms with E-state index < -0.39 is 11.7 Å². The van der Waals surface area contributed by atoms with Crippen molar-refractivity contribution >= 4 is 17.3 Å². The van der Waals surface area contributed by atoms with Crippen LogP contribution in [0.4, 0.5) is 24.5 Å². The van der Waals surface area contributed by atoms with E-state index in [-0.39, 0.29) is 30.2 Å². The van der Waals surface area contributed by atoms with Crippen LogP contribution in [0.3, 0.4) is 0 Å². The molecule has 4 rings (SSSR count). The number of rotatable bonds is 8. The molecule has 2 N–H and O–H groups in total. The van der Waals surface area contributed by atoms with Crippen molar-refractivity contribution in [1.29, 1.82) is 5.26 Å². The van der Waals surface area contributed by atoms with Crippen molar-refractivity contribution < 1.29 is 22.7 Å². The van der Waals surface area contributed by atoms with Gasteiger partial charge in [0, 0.05) is 37.1 Å². The van der Waals surface area contributed by atoms with E-state index in [4.69, 9.17) is 10.00 Å². The number of carbonyl (C=O) groups is 1. The van der Waals surface area contributed by atoms with Crippen molar-refractivity contribution in [3.63, 3.8) is 0 Å². The lowest BCUT2D eigenvalue weighted by Gasteiger charge is -2.34. The highest BCUT2D eigenvalue weighted by molar-refractivity contribution is 5.77. The number of amides is 1. The molecule has 1 aliphatic heterocycles. The highest BCUT2D eigenvalue weighted by Gasteiger charge is 2.34. The molecule has 0 bridgehead atoms. The van der Waals surface area contributed by atoms with E-state index in [1.807, 2.05) is 0 Å². The van der Waals surface area contributed by atoms with Gasteiger partial charge in [-0.25, -0.2) is 0 Å². The van der Waals surface area contributed by atoms with Crippen molar-refractivity contribution in [1.82, 2.24) is 5.32 Å². The average Bonchev–Trinajstić information content (AvgIpc) is 2.92. The van der Waals surface area contributed by atoms with Crippen LogP contribution in [-0.4, -0.2) is 44.3 Å². The number of aryl methyl sites for hydroxylation is 1. The number of piperidine rings is 1. The van der Waals surface area contributed by atoms with Crippen LogP contribution < -0.4 is 15.5 Å². The van der Waals surface area contributed by atoms with E-state index in [0.29, 0.717) is 18.2 Å². The summed E-state index contributed by atoms with van der Waals surface area (Å²) in [6.45, 7) is 4.73. The van der Waals surface area contributed by atoms with Gasteiger partial charge < -0.3 is 20.3 Å². The van der Waals surface area contributed by atoms with Crippen LogP contribution in [0.5, 0.6) is 0 Å². The van der Waals surface area contributed by atoms with Gasteiger partial charge in [0.05, 0.1) is 23.3 Å². The first-order valence-corrected chi connectivity index (χ1v) is 13.3. The van der Waals surface area contributed by atoms with Gasteiger partial charge in [-0.05, 0) is 81.7 Å². The van der Waals surface area contributed by atoms with Gasteiger partial charge in [-0.3, -0.25) is 4.79 Å². The molecule has 6 nitrogen and oxygen atoms in total.